The van der Waals surface area contributed by atoms with Gasteiger partial charge in [0, 0.05) is 162 Å². The van der Waals surface area contributed by atoms with Gasteiger partial charge < -0.3 is 70.9 Å². The molecule has 14 rings (SSSR count). The summed E-state index contributed by atoms with van der Waals surface area (Å²) in [4.78, 5) is 83.3. The Morgan fingerprint density at radius 1 is 0.598 bits per heavy atom. The summed E-state index contributed by atoms with van der Waals surface area (Å²) in [6, 6.07) is 11.0. The van der Waals surface area contributed by atoms with E-state index in [4.69, 9.17) is 24.7 Å². The predicted molar refractivity (Wildman–Crippen MR) is 409 cm³/mol. The number of anilines is 2. The number of alkyl carbamates (subject to hydrolysis) is 1. The number of hydrogen-bond acceptors (Lipinski definition) is 22. The van der Waals surface area contributed by atoms with Crippen LogP contribution in [0.25, 0.3) is 0 Å². The zero-order valence-electron chi connectivity index (χ0n) is 64.8. The Morgan fingerprint density at radius 2 is 1.00 bits per heavy atom. The van der Waals surface area contributed by atoms with E-state index in [1.54, 1.807) is 63.8 Å². The first-order chi connectivity index (χ1) is 51.0. The highest BCUT2D eigenvalue weighted by Gasteiger charge is 2.79. The predicted octanol–water partition coefficient (Wildman–Crippen LogP) is 7.38. The lowest BCUT2D eigenvalue weighted by Gasteiger charge is -2.64. The number of carbonyl (C=O) groups excluding carboxylic acids is 5. The normalized spacial score (nSPS) is 27.7. The van der Waals surface area contributed by atoms with Gasteiger partial charge in [0.15, 0.2) is 5.60 Å². The number of aliphatic hydroxyl groups is 4. The number of nitrogens with one attached hydrogen (secondary N) is 3. The number of hydrogen-bond donors (Lipinski definition) is 8. The summed E-state index contributed by atoms with van der Waals surface area (Å²) in [6.45, 7) is 27.2. The van der Waals surface area contributed by atoms with Crippen LogP contribution in [0.1, 0.15) is 114 Å². The lowest BCUT2D eigenvalue weighted by Crippen LogP contribution is -2.80. The average molecular weight is 1490 g/mol. The molecule has 29 nitrogen and oxygen atoms in total. The van der Waals surface area contributed by atoms with Gasteiger partial charge in [0.2, 0.25) is 0 Å². The van der Waals surface area contributed by atoms with E-state index >= 15 is 0 Å². The van der Waals surface area contributed by atoms with Crippen LogP contribution in [-0.4, -0.2) is 240 Å². The summed E-state index contributed by atoms with van der Waals surface area (Å²) < 4.78 is 28.4. The zero-order valence-corrected chi connectivity index (χ0v) is 64.8. The fraction of sp³-hybridized carbons (Fsp3) is 0.577. The third kappa shape index (κ3) is 15.9. The average Bonchev–Trinajstić information content (AvgIpc) is 1.47. The molecule has 2 saturated heterocycles. The quantitative estimate of drug-likeness (QED) is 0.0367. The van der Waals surface area contributed by atoms with Gasteiger partial charge in [-0.05, 0) is 92.2 Å². The number of amides is 3. The summed E-state index contributed by atoms with van der Waals surface area (Å²) in [5.41, 5.74) is 4.11. The molecule has 12 atom stereocenters. The molecule has 107 heavy (non-hydrogen) atoms. The third-order valence-corrected chi connectivity index (χ3v) is 22.3. The molecule has 2 saturated carbocycles. The van der Waals surface area contributed by atoms with Crippen LogP contribution in [0.5, 0.6) is 11.5 Å². The monoisotopic (exact) mass is 1490 g/mol. The first-order valence-electron chi connectivity index (χ1n) is 37.2. The maximum Gasteiger partial charge on any atom is 0.407 e. The number of aromatic nitrogens is 8. The SMILES string of the molecule is CC(C)CN.CC(C)CNC(=O)n1ccnc1.CC(C)CNC(=O)n1ccnc1.CC[C@]12C=CCN3CC[C@@]4(c5ccc(OC)cc5N(C)[C@H]4[C@@](O)(CO)[C@@H]1O)[C@@H]32.CC[C@]12C=CCN3CC[C@@]4(c5ccc(OC)cc5N(C)[C@H]4[C@@](O)(COC(=O)NCC(C)C)[C@@H]1OC(C)=O)[C@@H]32.O=C(n1ccnc1)n1ccnc1.[2HH]. The molecule has 0 bridgehead atoms. The van der Waals surface area contributed by atoms with E-state index in [-0.39, 0.29) is 49.5 Å². The standard InChI is InChI=1S/C29H41N3O6.C22H30N2O4.2C8H13N3O.C7H6N4O.C4H11N.H2/c1-7-27-11-8-13-32-14-12-28(23(27)32)21-10-9-20(36-6)15-22(21)31(5)24(28)29(35,25(27)38-19(4)33)17-37-26(34)30-16-18(2)3;1-4-20-8-5-10-24-11-9-21(17(20)24)15-7-6-14(28-3)12-16(15)23(2)18(21)22(27,13-25)19(20)26;2*1-7(2)5-10-8(12)11-4-3-9-6-11;12-7(10-3-1-8-5-10)11-4-2-9-6-11;1-4(2)3-5;/h8-11,15,18,23-25,35H,7,12-14,16-17H2,1-6H3,(H,30,34);5-8,12,17-19,25-27H,4,9-11,13H2,1-3H3;2*3-4,6-7H,5H2,1-2H3,(H,10,12);1-6H;4H,3,5H2,1-2H3;1H/t23-,24+,25+,27+,28+,29-;17-,18+,19+,20+,21+,22-;;;;;/m00...../s1/i;;;;;;1+1. The van der Waals surface area contributed by atoms with E-state index in [1.165, 1.54) is 56.1 Å². The molecule has 2 spiro atoms. The first-order valence-corrected chi connectivity index (χ1v) is 37.2. The van der Waals surface area contributed by atoms with Crippen molar-refractivity contribution in [3.63, 3.8) is 0 Å². The number of nitrogens with zero attached hydrogens (tertiary/aromatic N) is 12. The van der Waals surface area contributed by atoms with Gasteiger partial charge in [-0.1, -0.05) is 106 Å². The van der Waals surface area contributed by atoms with Crippen LogP contribution in [0.3, 0.4) is 0 Å². The highest BCUT2D eigenvalue weighted by atomic mass is 16.6. The van der Waals surface area contributed by atoms with Gasteiger partial charge in [-0.15, -0.1) is 0 Å². The Balaban J connectivity index is 0.000000182. The molecule has 6 aliphatic heterocycles. The van der Waals surface area contributed by atoms with Crippen LogP contribution in [0.2, 0.25) is 0 Å². The first kappa shape index (κ1) is 82.1. The Labute approximate surface area is 630 Å². The number of ether oxygens (including phenoxy) is 4. The van der Waals surface area contributed by atoms with Crippen molar-refractivity contribution in [2.45, 2.75) is 160 Å². The number of likely N-dealkylation sites (N-methyl/N-ethyl adjacent to an activating group) is 2. The Kier molecular flexibility index (Phi) is 26.5. The molecule has 4 fully saturated rings. The van der Waals surface area contributed by atoms with E-state index in [0.717, 1.165) is 74.0 Å². The molecule has 9 N–H and O–H groups in total. The molecule has 8 aliphatic rings. The Bertz CT molecular complexity index is 3900. The van der Waals surface area contributed by atoms with Crippen molar-refractivity contribution in [1.29, 1.82) is 0 Å². The fourth-order valence-electron chi connectivity index (χ4n) is 17.8. The molecule has 2 aromatic carbocycles. The number of nitrogens with two attached hydrogens (primary N) is 1. The van der Waals surface area contributed by atoms with Crippen LogP contribution in [0.15, 0.2) is 136 Å². The van der Waals surface area contributed by atoms with Crippen LogP contribution >= 0.6 is 0 Å². The Hall–Kier alpha value is -8.97. The summed E-state index contributed by atoms with van der Waals surface area (Å²) >= 11 is 0. The van der Waals surface area contributed by atoms with Crippen molar-refractivity contribution in [2.24, 2.45) is 40.2 Å². The Morgan fingerprint density at radius 3 is 1.37 bits per heavy atom. The second-order valence-electron chi connectivity index (χ2n) is 30.7. The summed E-state index contributed by atoms with van der Waals surface area (Å²) in [5.74, 6) is 2.89. The van der Waals surface area contributed by atoms with Gasteiger partial charge in [-0.2, -0.15) is 0 Å². The molecule has 3 amide bonds. The lowest BCUT2D eigenvalue weighted by molar-refractivity contribution is -0.228. The number of benzene rings is 2. The van der Waals surface area contributed by atoms with E-state index in [1.807, 2.05) is 79.9 Å². The molecular formula is C78H116N16O13. The second kappa shape index (κ2) is 34.5. The van der Waals surface area contributed by atoms with Gasteiger partial charge in [0.05, 0.1) is 39.0 Å². The van der Waals surface area contributed by atoms with Crippen molar-refractivity contribution >= 4 is 41.5 Å². The fourth-order valence-corrected chi connectivity index (χ4v) is 17.8. The third-order valence-electron chi connectivity index (χ3n) is 22.3. The van der Waals surface area contributed by atoms with Crippen LogP contribution < -0.4 is 41.0 Å². The molecule has 4 aromatic heterocycles. The maximum absolute atomic E-state index is 12.9. The molecule has 6 aromatic rings. The number of imidazole rings is 4. The molecule has 10 heterocycles. The molecule has 586 valence electrons. The maximum atomic E-state index is 12.9. The molecule has 0 radical (unpaired) electrons. The number of aliphatic hydroxyl groups excluding tert-OH is 2. The minimum absolute atomic E-state index is 0. The van der Waals surface area contributed by atoms with E-state index < -0.39 is 70.4 Å². The van der Waals surface area contributed by atoms with Gasteiger partial charge in [0.1, 0.15) is 55.1 Å². The topological polar surface area (TPSA) is 350 Å². The molecule has 29 heteroatoms. The van der Waals surface area contributed by atoms with Crippen molar-refractivity contribution in [1.82, 2.24) is 64.0 Å². The molecule has 0 unspecified atom stereocenters. The summed E-state index contributed by atoms with van der Waals surface area (Å²) in [5, 5.41) is 54.9. The zero-order chi connectivity index (χ0) is 78.0. The van der Waals surface area contributed by atoms with Crippen molar-refractivity contribution in [3.05, 3.63) is 147 Å². The second-order valence-corrected chi connectivity index (χ2v) is 30.7. The highest BCUT2D eigenvalue weighted by molar-refractivity contribution is 5.79. The molecular weight excluding hydrogens is 1370 g/mol. The number of methoxy groups -OCH3 is 2. The molecule has 2 aliphatic carbocycles. The summed E-state index contributed by atoms with van der Waals surface area (Å²) in [7, 11) is 7.23. The number of rotatable bonds is 15. The largest absolute Gasteiger partial charge is 0.497 e. The minimum Gasteiger partial charge on any atom is -0.497 e. The minimum atomic E-state index is -1.69. The number of fused-ring (bicyclic) bond motifs is 2. The van der Waals surface area contributed by atoms with Gasteiger partial charge in [-0.3, -0.25) is 32.9 Å². The smallest absolute Gasteiger partial charge is 0.407 e. The van der Waals surface area contributed by atoms with E-state index in [9.17, 15) is 44.4 Å². The van der Waals surface area contributed by atoms with Gasteiger partial charge in [0.25, 0.3) is 0 Å². The van der Waals surface area contributed by atoms with Crippen molar-refractivity contribution in [2.75, 3.05) is 104 Å². The van der Waals surface area contributed by atoms with Crippen LogP contribution in [-0.2, 0) is 25.1 Å². The van der Waals surface area contributed by atoms with Crippen molar-refractivity contribution < 1.29 is 64.8 Å². The van der Waals surface area contributed by atoms with Gasteiger partial charge in [-0.25, -0.2) is 39.1 Å². The number of esters is 1. The lowest BCUT2D eigenvalue weighted by atomic mass is 9.48. The van der Waals surface area contributed by atoms with Crippen LogP contribution in [0.4, 0.5) is 30.6 Å². The van der Waals surface area contributed by atoms with Crippen LogP contribution in [0, 0.1) is 34.5 Å². The van der Waals surface area contributed by atoms with Gasteiger partial charge >= 0.3 is 30.2 Å². The number of carbonyl (C=O) groups is 5. The van der Waals surface area contributed by atoms with E-state index in [0.29, 0.717) is 50.2 Å². The summed E-state index contributed by atoms with van der Waals surface area (Å²) in [6.07, 6.45) is 27.5. The highest BCUT2D eigenvalue weighted by Crippen LogP contribution is 2.69. The van der Waals surface area contributed by atoms with E-state index in [2.05, 4.69) is 120 Å². The van der Waals surface area contributed by atoms with Crippen molar-refractivity contribution in [3.8, 4) is 11.5 Å².